The summed E-state index contributed by atoms with van der Waals surface area (Å²) in [6.45, 7) is 0. The summed E-state index contributed by atoms with van der Waals surface area (Å²) in [5.74, 6) is 1.11. The molecule has 0 saturated carbocycles. The molecule has 20 heavy (non-hydrogen) atoms. The van der Waals surface area contributed by atoms with Crippen LogP contribution in [0.5, 0.6) is 0 Å². The fraction of sp³-hybridized carbons (Fsp3) is 0.0714. The number of nitrogen functional groups attached to an aromatic ring is 2. The molecule has 0 bridgehead atoms. The Kier molecular flexibility index (Phi) is 3.15. The van der Waals surface area contributed by atoms with Gasteiger partial charge in [0.2, 0.25) is 0 Å². The minimum Gasteiger partial charge on any atom is -0.381 e. The highest BCUT2D eigenvalue weighted by Crippen LogP contribution is 2.29. The van der Waals surface area contributed by atoms with Crippen molar-refractivity contribution in [3.05, 3.63) is 42.5 Å². The van der Waals surface area contributed by atoms with Gasteiger partial charge in [0.15, 0.2) is 10.8 Å². The first kappa shape index (κ1) is 12.7. The summed E-state index contributed by atoms with van der Waals surface area (Å²) < 4.78 is 1.89. The zero-order chi connectivity index (χ0) is 14.1. The van der Waals surface area contributed by atoms with Crippen molar-refractivity contribution in [3.63, 3.8) is 0 Å². The minimum atomic E-state index is 0.427. The fourth-order valence-corrected chi connectivity index (χ4v) is 2.74. The van der Waals surface area contributed by atoms with Gasteiger partial charge in [-0.3, -0.25) is 5.73 Å². The molecule has 3 aromatic rings. The van der Waals surface area contributed by atoms with E-state index in [1.807, 2.05) is 54.1 Å². The number of nitrogens with two attached hydrogens (primary N) is 2. The van der Waals surface area contributed by atoms with Crippen LogP contribution >= 0.6 is 11.8 Å². The SMILES string of the molecule is C[n+]1c(N)cccc1Sc1nc2ccccc2nc1N. The van der Waals surface area contributed by atoms with Gasteiger partial charge in [-0.15, -0.1) is 0 Å². The van der Waals surface area contributed by atoms with Crippen molar-refractivity contribution in [1.29, 1.82) is 0 Å². The highest BCUT2D eigenvalue weighted by Gasteiger charge is 2.13. The van der Waals surface area contributed by atoms with E-state index in [4.69, 9.17) is 11.5 Å². The number of nitrogens with zero attached hydrogens (tertiary/aromatic N) is 3. The molecular weight excluding hydrogens is 270 g/mol. The second kappa shape index (κ2) is 4.97. The van der Waals surface area contributed by atoms with E-state index in [0.717, 1.165) is 16.1 Å². The van der Waals surface area contributed by atoms with E-state index < -0.39 is 0 Å². The topological polar surface area (TPSA) is 81.7 Å². The lowest BCUT2D eigenvalue weighted by Crippen LogP contribution is -2.34. The number of aromatic nitrogens is 3. The van der Waals surface area contributed by atoms with Gasteiger partial charge in [-0.1, -0.05) is 12.1 Å². The maximum atomic E-state index is 5.99. The van der Waals surface area contributed by atoms with Crippen molar-refractivity contribution in [1.82, 2.24) is 9.97 Å². The second-order valence-electron chi connectivity index (χ2n) is 4.35. The van der Waals surface area contributed by atoms with E-state index in [1.54, 1.807) is 0 Å². The first-order valence-electron chi connectivity index (χ1n) is 6.10. The largest absolute Gasteiger partial charge is 0.381 e. The van der Waals surface area contributed by atoms with Gasteiger partial charge in [0, 0.05) is 6.07 Å². The zero-order valence-corrected chi connectivity index (χ0v) is 11.8. The molecule has 0 atom stereocenters. The van der Waals surface area contributed by atoms with Crippen LogP contribution in [0.1, 0.15) is 0 Å². The molecule has 0 unspecified atom stereocenters. The lowest BCUT2D eigenvalue weighted by molar-refractivity contribution is -0.694. The Morgan fingerprint density at radius 3 is 2.40 bits per heavy atom. The fourth-order valence-electron chi connectivity index (χ4n) is 1.85. The highest BCUT2D eigenvalue weighted by molar-refractivity contribution is 7.99. The summed E-state index contributed by atoms with van der Waals surface area (Å²) >= 11 is 1.45. The number of hydrogen-bond acceptors (Lipinski definition) is 5. The zero-order valence-electron chi connectivity index (χ0n) is 10.9. The lowest BCUT2D eigenvalue weighted by Gasteiger charge is -2.07. The maximum Gasteiger partial charge on any atom is 0.272 e. The van der Waals surface area contributed by atoms with Crippen molar-refractivity contribution >= 4 is 34.4 Å². The lowest BCUT2D eigenvalue weighted by atomic mass is 10.3. The molecule has 100 valence electrons. The summed E-state index contributed by atoms with van der Waals surface area (Å²) in [5, 5.41) is 1.64. The molecule has 2 heterocycles. The van der Waals surface area contributed by atoms with Crippen molar-refractivity contribution in [2.24, 2.45) is 7.05 Å². The molecule has 0 aliphatic heterocycles. The Bertz CT molecular complexity index is 788. The van der Waals surface area contributed by atoms with Gasteiger partial charge in [0.25, 0.3) is 5.82 Å². The molecule has 0 amide bonds. The third-order valence-electron chi connectivity index (χ3n) is 2.99. The number of benzene rings is 1. The minimum absolute atomic E-state index is 0.427. The Labute approximate surface area is 120 Å². The Balaban J connectivity index is 2.06. The van der Waals surface area contributed by atoms with Crippen LogP contribution in [0.2, 0.25) is 0 Å². The number of para-hydroxylation sites is 2. The third-order valence-corrected chi connectivity index (χ3v) is 4.10. The monoisotopic (exact) mass is 284 g/mol. The average molecular weight is 284 g/mol. The molecule has 5 nitrogen and oxygen atoms in total. The molecule has 0 aliphatic rings. The van der Waals surface area contributed by atoms with Crippen LogP contribution in [0.3, 0.4) is 0 Å². The first-order chi connectivity index (χ1) is 9.65. The van der Waals surface area contributed by atoms with Crippen LogP contribution in [-0.4, -0.2) is 9.97 Å². The molecule has 0 radical (unpaired) electrons. The van der Waals surface area contributed by atoms with E-state index in [9.17, 15) is 0 Å². The summed E-state index contributed by atoms with van der Waals surface area (Å²) in [6, 6.07) is 13.4. The van der Waals surface area contributed by atoms with Gasteiger partial charge in [-0.25, -0.2) is 14.5 Å². The Morgan fingerprint density at radius 2 is 1.65 bits per heavy atom. The van der Waals surface area contributed by atoms with Crippen LogP contribution in [0.4, 0.5) is 11.6 Å². The van der Waals surface area contributed by atoms with Gasteiger partial charge in [-0.2, -0.15) is 0 Å². The van der Waals surface area contributed by atoms with Crippen molar-refractivity contribution in [2.75, 3.05) is 11.5 Å². The standard InChI is InChI=1S/C14H13N5S/c1-19-11(15)7-4-8-12(19)20-14-13(16)17-9-5-2-3-6-10(9)18-14/h2-8,15H,1H3,(H2,16,17)/p+1. The van der Waals surface area contributed by atoms with Gasteiger partial charge in [-0.05, 0) is 36.0 Å². The summed E-state index contributed by atoms with van der Waals surface area (Å²) in [6.07, 6.45) is 0. The molecule has 1 aromatic carbocycles. The van der Waals surface area contributed by atoms with Crippen molar-refractivity contribution < 1.29 is 4.57 Å². The quantitative estimate of drug-likeness (QED) is 0.701. The maximum absolute atomic E-state index is 5.99. The normalized spacial score (nSPS) is 10.8. The van der Waals surface area contributed by atoms with Crippen LogP contribution in [0, 0.1) is 0 Å². The van der Waals surface area contributed by atoms with Crippen molar-refractivity contribution in [3.8, 4) is 0 Å². The molecule has 2 aromatic heterocycles. The van der Waals surface area contributed by atoms with Crippen molar-refractivity contribution in [2.45, 2.75) is 10.1 Å². The molecule has 0 aliphatic carbocycles. The first-order valence-corrected chi connectivity index (χ1v) is 6.91. The second-order valence-corrected chi connectivity index (χ2v) is 5.36. The van der Waals surface area contributed by atoms with Crippen LogP contribution in [-0.2, 0) is 7.05 Å². The van der Waals surface area contributed by atoms with Gasteiger partial charge in [0.05, 0.1) is 18.1 Å². The third kappa shape index (κ3) is 2.25. The predicted molar refractivity (Wildman–Crippen MR) is 80.1 cm³/mol. The summed E-state index contributed by atoms with van der Waals surface area (Å²) in [5.41, 5.74) is 13.5. The van der Waals surface area contributed by atoms with Crippen LogP contribution in [0.15, 0.2) is 52.5 Å². The molecule has 4 N–H and O–H groups in total. The average Bonchev–Trinajstić information content (AvgIpc) is 2.44. The Hall–Kier alpha value is -2.34. The smallest absolute Gasteiger partial charge is 0.272 e. The molecule has 0 fully saturated rings. The number of anilines is 2. The summed E-state index contributed by atoms with van der Waals surface area (Å²) in [4.78, 5) is 8.94. The van der Waals surface area contributed by atoms with E-state index in [-0.39, 0.29) is 0 Å². The molecule has 0 saturated heterocycles. The van der Waals surface area contributed by atoms with E-state index in [2.05, 4.69) is 9.97 Å². The number of rotatable bonds is 2. The van der Waals surface area contributed by atoms with Gasteiger partial charge >= 0.3 is 0 Å². The predicted octanol–water partition coefficient (Wildman–Crippen LogP) is 1.77. The number of hydrogen-bond donors (Lipinski definition) is 2. The highest BCUT2D eigenvalue weighted by atomic mass is 32.2. The molecule has 6 heteroatoms. The summed E-state index contributed by atoms with van der Waals surface area (Å²) in [7, 11) is 1.91. The van der Waals surface area contributed by atoms with E-state index in [1.165, 1.54) is 11.8 Å². The molecule has 3 rings (SSSR count). The van der Waals surface area contributed by atoms with E-state index in [0.29, 0.717) is 16.7 Å². The number of fused-ring (bicyclic) bond motifs is 1. The number of pyridine rings is 1. The van der Waals surface area contributed by atoms with Gasteiger partial charge in [0.1, 0.15) is 5.03 Å². The molecule has 0 spiro atoms. The van der Waals surface area contributed by atoms with Gasteiger partial charge < -0.3 is 5.73 Å². The van der Waals surface area contributed by atoms with E-state index >= 15 is 0 Å². The van der Waals surface area contributed by atoms with Crippen LogP contribution in [0.25, 0.3) is 11.0 Å². The molecular formula is C14H14N5S+. The Morgan fingerprint density at radius 1 is 0.950 bits per heavy atom. The van der Waals surface area contributed by atoms with Crippen LogP contribution < -0.4 is 16.0 Å².